The van der Waals surface area contributed by atoms with Gasteiger partial charge in [0.1, 0.15) is 0 Å². The maximum absolute atomic E-state index is 6.34. The first kappa shape index (κ1) is 14.8. The lowest BCUT2D eigenvalue weighted by Gasteiger charge is -2.21. The van der Waals surface area contributed by atoms with Crippen LogP contribution in [-0.2, 0) is 18.2 Å². The summed E-state index contributed by atoms with van der Waals surface area (Å²) in [7, 11) is 1.97. The Morgan fingerprint density at radius 2 is 2.37 bits per heavy atom. The van der Waals surface area contributed by atoms with Crippen molar-refractivity contribution in [3.05, 3.63) is 16.4 Å². The normalized spacial score (nSPS) is 20.9. The zero-order chi connectivity index (χ0) is 13.8. The molecule has 108 valence electrons. The fourth-order valence-electron chi connectivity index (χ4n) is 2.83. The molecule has 2 unspecified atom stereocenters. The number of nitrogens with zero attached hydrogens (tertiary/aromatic N) is 2. The van der Waals surface area contributed by atoms with Crippen molar-refractivity contribution in [3.8, 4) is 0 Å². The van der Waals surface area contributed by atoms with Gasteiger partial charge in [-0.15, -0.1) is 0 Å². The van der Waals surface area contributed by atoms with E-state index in [0.29, 0.717) is 12.0 Å². The Bertz CT molecular complexity index is 413. The van der Waals surface area contributed by atoms with Crippen LogP contribution in [0, 0.1) is 12.8 Å². The van der Waals surface area contributed by atoms with Gasteiger partial charge in [-0.05, 0) is 32.2 Å². The van der Waals surface area contributed by atoms with Crippen LogP contribution in [0.5, 0.6) is 0 Å². The van der Waals surface area contributed by atoms with Crippen LogP contribution in [0.3, 0.4) is 0 Å². The van der Waals surface area contributed by atoms with Crippen LogP contribution in [0.1, 0.15) is 31.2 Å². The first-order valence-corrected chi connectivity index (χ1v) is 7.48. The van der Waals surface area contributed by atoms with E-state index in [9.17, 15) is 0 Å². The molecule has 2 rings (SSSR count). The number of nitrogens with one attached hydrogen (secondary N) is 1. The molecule has 1 fully saturated rings. The first-order valence-electron chi connectivity index (χ1n) is 7.10. The number of rotatable bonds is 6. The molecule has 0 aromatic carbocycles. The number of aromatic nitrogens is 2. The standard InChI is InChI=1S/C14H24ClN3O/c1-4-16-12(7-11-5-6-19-9-11)8-13-14(15)10(2)17-18(13)3/h11-12,16H,4-9H2,1-3H3. The van der Waals surface area contributed by atoms with Crippen LogP contribution in [0.25, 0.3) is 0 Å². The molecule has 1 aromatic rings. The fraction of sp³-hybridized carbons (Fsp3) is 0.786. The van der Waals surface area contributed by atoms with Crippen LogP contribution in [0.2, 0.25) is 5.02 Å². The van der Waals surface area contributed by atoms with E-state index in [1.54, 1.807) is 0 Å². The summed E-state index contributed by atoms with van der Waals surface area (Å²) in [4.78, 5) is 0. The van der Waals surface area contributed by atoms with Crippen LogP contribution < -0.4 is 5.32 Å². The van der Waals surface area contributed by atoms with Crippen LogP contribution in [0.4, 0.5) is 0 Å². The average molecular weight is 286 g/mol. The highest BCUT2D eigenvalue weighted by atomic mass is 35.5. The van der Waals surface area contributed by atoms with Gasteiger partial charge in [-0.1, -0.05) is 18.5 Å². The van der Waals surface area contributed by atoms with Gasteiger partial charge in [0.05, 0.1) is 16.4 Å². The number of ether oxygens (including phenoxy) is 1. The molecule has 2 heterocycles. The Labute approximate surface area is 120 Å². The van der Waals surface area contributed by atoms with Gasteiger partial charge in [-0.25, -0.2) is 0 Å². The molecular formula is C14H24ClN3O. The maximum Gasteiger partial charge on any atom is 0.0847 e. The molecule has 5 heteroatoms. The number of hydrogen-bond donors (Lipinski definition) is 1. The van der Waals surface area contributed by atoms with E-state index < -0.39 is 0 Å². The van der Waals surface area contributed by atoms with Crippen molar-refractivity contribution in [3.63, 3.8) is 0 Å². The van der Waals surface area contributed by atoms with Gasteiger partial charge in [0, 0.05) is 32.7 Å². The highest BCUT2D eigenvalue weighted by molar-refractivity contribution is 6.31. The predicted molar refractivity (Wildman–Crippen MR) is 77.7 cm³/mol. The minimum absolute atomic E-state index is 0.448. The van der Waals surface area contributed by atoms with Crippen LogP contribution >= 0.6 is 11.6 Å². The second-order valence-electron chi connectivity index (χ2n) is 5.39. The van der Waals surface area contributed by atoms with Crippen LogP contribution in [0.15, 0.2) is 0 Å². The summed E-state index contributed by atoms with van der Waals surface area (Å²) in [5, 5.41) is 8.77. The monoisotopic (exact) mass is 285 g/mol. The maximum atomic E-state index is 6.34. The zero-order valence-corrected chi connectivity index (χ0v) is 12.8. The summed E-state index contributed by atoms with van der Waals surface area (Å²) in [6.45, 7) is 6.90. The summed E-state index contributed by atoms with van der Waals surface area (Å²) < 4.78 is 7.38. The highest BCUT2D eigenvalue weighted by Gasteiger charge is 2.22. The Hall–Kier alpha value is -0.580. The molecule has 0 saturated carbocycles. The first-order chi connectivity index (χ1) is 9.11. The topological polar surface area (TPSA) is 39.1 Å². The molecule has 1 aromatic heterocycles. The van der Waals surface area contributed by atoms with E-state index in [1.165, 1.54) is 6.42 Å². The molecule has 1 saturated heterocycles. The van der Waals surface area contributed by atoms with Gasteiger partial charge in [0.15, 0.2) is 0 Å². The third kappa shape index (κ3) is 3.71. The summed E-state index contributed by atoms with van der Waals surface area (Å²) in [6.07, 6.45) is 3.26. The van der Waals surface area contributed by atoms with E-state index in [0.717, 1.165) is 49.0 Å². The molecule has 0 bridgehead atoms. The number of likely N-dealkylation sites (N-methyl/N-ethyl adjacent to an activating group) is 1. The fourth-order valence-corrected chi connectivity index (χ4v) is 3.07. The van der Waals surface area contributed by atoms with Crippen molar-refractivity contribution in [2.45, 2.75) is 39.2 Å². The quantitative estimate of drug-likeness (QED) is 0.872. The van der Waals surface area contributed by atoms with Gasteiger partial charge in [-0.3, -0.25) is 4.68 Å². The second-order valence-corrected chi connectivity index (χ2v) is 5.77. The van der Waals surface area contributed by atoms with Gasteiger partial charge in [0.25, 0.3) is 0 Å². The average Bonchev–Trinajstić information content (AvgIpc) is 2.94. The molecule has 0 aliphatic carbocycles. The minimum Gasteiger partial charge on any atom is -0.381 e. The lowest BCUT2D eigenvalue weighted by atomic mass is 9.96. The molecule has 0 spiro atoms. The van der Waals surface area contributed by atoms with E-state index >= 15 is 0 Å². The van der Waals surface area contributed by atoms with Crippen molar-refractivity contribution in [1.29, 1.82) is 0 Å². The molecule has 1 aliphatic heterocycles. The number of hydrogen-bond acceptors (Lipinski definition) is 3. The Kier molecular flexibility index (Phi) is 5.25. The predicted octanol–water partition coefficient (Wildman–Crippen LogP) is 2.33. The molecule has 19 heavy (non-hydrogen) atoms. The van der Waals surface area contributed by atoms with Gasteiger partial charge >= 0.3 is 0 Å². The smallest absolute Gasteiger partial charge is 0.0847 e. The van der Waals surface area contributed by atoms with Crippen LogP contribution in [-0.4, -0.2) is 35.6 Å². The highest BCUT2D eigenvalue weighted by Crippen LogP contribution is 2.24. The molecule has 4 nitrogen and oxygen atoms in total. The SMILES string of the molecule is CCNC(Cc1c(Cl)c(C)nn1C)CC1CCOC1. The van der Waals surface area contributed by atoms with E-state index in [-0.39, 0.29) is 0 Å². The third-order valence-electron chi connectivity index (χ3n) is 3.84. The third-order valence-corrected chi connectivity index (χ3v) is 4.33. The Morgan fingerprint density at radius 1 is 1.58 bits per heavy atom. The van der Waals surface area contributed by atoms with E-state index in [2.05, 4.69) is 17.3 Å². The molecule has 0 amide bonds. The summed E-state index contributed by atoms with van der Waals surface area (Å²) in [6, 6.07) is 0.448. The zero-order valence-electron chi connectivity index (χ0n) is 12.1. The number of aryl methyl sites for hydroxylation is 2. The lowest BCUT2D eigenvalue weighted by Crippen LogP contribution is -2.34. The molecule has 1 aliphatic rings. The molecular weight excluding hydrogens is 262 g/mol. The van der Waals surface area contributed by atoms with Crippen molar-refractivity contribution in [1.82, 2.24) is 15.1 Å². The number of halogens is 1. The van der Waals surface area contributed by atoms with E-state index in [4.69, 9.17) is 16.3 Å². The van der Waals surface area contributed by atoms with Crippen molar-refractivity contribution >= 4 is 11.6 Å². The van der Waals surface area contributed by atoms with Gasteiger partial charge in [-0.2, -0.15) is 5.10 Å². The van der Waals surface area contributed by atoms with Gasteiger partial charge < -0.3 is 10.1 Å². The summed E-state index contributed by atoms with van der Waals surface area (Å²) in [5.74, 6) is 0.678. The van der Waals surface area contributed by atoms with Gasteiger partial charge in [0.2, 0.25) is 0 Å². The Morgan fingerprint density at radius 3 is 2.89 bits per heavy atom. The van der Waals surface area contributed by atoms with Crippen molar-refractivity contribution in [2.75, 3.05) is 19.8 Å². The molecule has 1 N–H and O–H groups in total. The molecule has 0 radical (unpaired) electrons. The molecule has 2 atom stereocenters. The van der Waals surface area contributed by atoms with Crippen molar-refractivity contribution < 1.29 is 4.74 Å². The minimum atomic E-state index is 0.448. The summed E-state index contributed by atoms with van der Waals surface area (Å²) >= 11 is 6.34. The lowest BCUT2D eigenvalue weighted by molar-refractivity contribution is 0.181. The van der Waals surface area contributed by atoms with E-state index in [1.807, 2.05) is 18.7 Å². The summed E-state index contributed by atoms with van der Waals surface area (Å²) in [5.41, 5.74) is 2.04. The van der Waals surface area contributed by atoms with Crippen molar-refractivity contribution in [2.24, 2.45) is 13.0 Å². The Balaban J connectivity index is 2.02. The second kappa shape index (κ2) is 6.73. The largest absolute Gasteiger partial charge is 0.381 e.